The monoisotopic (exact) mass is 369 g/mol. The van der Waals surface area contributed by atoms with Crippen LogP contribution < -0.4 is 0 Å². The molecule has 0 aliphatic carbocycles. The van der Waals surface area contributed by atoms with Gasteiger partial charge in [-0.2, -0.15) is 10.2 Å². The summed E-state index contributed by atoms with van der Waals surface area (Å²) in [5.74, 6) is 0. The largest absolute Gasteiger partial charge is 0.265 e. The van der Waals surface area contributed by atoms with Gasteiger partial charge in [-0.25, -0.2) is 0 Å². The van der Waals surface area contributed by atoms with Crippen molar-refractivity contribution in [3.8, 4) is 0 Å². The molecule has 0 spiro atoms. The molecule has 0 N–H and O–H groups in total. The molecule has 0 aliphatic heterocycles. The number of hydrogen-bond donors (Lipinski definition) is 0. The molecule has 0 radical (unpaired) electrons. The van der Waals surface area contributed by atoms with Gasteiger partial charge in [0.15, 0.2) is 0 Å². The van der Waals surface area contributed by atoms with Crippen LogP contribution in [0.1, 0.15) is 58.2 Å². The average molecular weight is 370 g/mol. The number of rotatable bonds is 0. The molecule has 0 amide bonds. The Labute approximate surface area is 167 Å². The van der Waals surface area contributed by atoms with Crippen LogP contribution in [0.15, 0.2) is 73.3 Å². The Morgan fingerprint density at radius 2 is 0.926 bits per heavy atom. The van der Waals surface area contributed by atoms with Gasteiger partial charge >= 0.3 is 0 Å². The van der Waals surface area contributed by atoms with E-state index < -0.39 is 0 Å². The zero-order valence-corrected chi connectivity index (χ0v) is 18.8. The number of pyridine rings is 1. The maximum Gasteiger partial charge on any atom is 0.0525 e. The van der Waals surface area contributed by atoms with Gasteiger partial charge in [0, 0.05) is 18.6 Å². The molecule has 0 saturated heterocycles. The van der Waals surface area contributed by atoms with Gasteiger partial charge in [-0.1, -0.05) is 77.4 Å². The summed E-state index contributed by atoms with van der Waals surface area (Å²) in [6.45, 7) is 18.1. The van der Waals surface area contributed by atoms with E-state index in [0.717, 1.165) is 5.56 Å². The summed E-state index contributed by atoms with van der Waals surface area (Å²) in [5, 5.41) is 7.23. The van der Waals surface area contributed by atoms with Crippen LogP contribution in [0.25, 0.3) is 0 Å². The Bertz CT molecular complexity index is 493. The van der Waals surface area contributed by atoms with Crippen molar-refractivity contribution in [3.05, 3.63) is 90.0 Å². The van der Waals surface area contributed by atoms with E-state index in [0.29, 0.717) is 0 Å². The molecule has 150 valence electrons. The van der Waals surface area contributed by atoms with Crippen LogP contribution in [-0.2, 0) is 0 Å². The third-order valence-electron chi connectivity index (χ3n) is 2.52. The lowest BCUT2D eigenvalue weighted by Crippen LogP contribution is -1.76. The van der Waals surface area contributed by atoms with Crippen molar-refractivity contribution in [1.82, 2.24) is 15.2 Å². The number of aromatic nitrogens is 3. The van der Waals surface area contributed by atoms with Gasteiger partial charge in [-0.3, -0.25) is 4.98 Å². The standard InChI is InChI=1S/C7H8.C6H7N.C5H6N2.3C2H6/c1-7-5-3-2-4-6-7;1-6-2-4-7-5-3-6;1-5-2-3-6-7-4-5;3*1-2/h2-6H,1H3;2-5H,1H3;2-4H,1H3;3*1-2H3. The maximum absolute atomic E-state index is 3.85. The van der Waals surface area contributed by atoms with E-state index in [-0.39, 0.29) is 0 Å². The number of benzene rings is 1. The van der Waals surface area contributed by atoms with Crippen LogP contribution in [-0.4, -0.2) is 15.2 Å². The summed E-state index contributed by atoms with van der Waals surface area (Å²) in [7, 11) is 0. The van der Waals surface area contributed by atoms with Gasteiger partial charge in [0.1, 0.15) is 0 Å². The van der Waals surface area contributed by atoms with Crippen molar-refractivity contribution in [1.29, 1.82) is 0 Å². The van der Waals surface area contributed by atoms with Crippen LogP contribution in [0.5, 0.6) is 0 Å². The van der Waals surface area contributed by atoms with Crippen molar-refractivity contribution < 1.29 is 0 Å². The van der Waals surface area contributed by atoms with E-state index in [9.17, 15) is 0 Å². The van der Waals surface area contributed by atoms with Gasteiger partial charge < -0.3 is 0 Å². The predicted molar refractivity (Wildman–Crippen MR) is 121 cm³/mol. The molecule has 1 aromatic carbocycles. The molecule has 0 atom stereocenters. The van der Waals surface area contributed by atoms with Gasteiger partial charge in [0.2, 0.25) is 0 Å². The van der Waals surface area contributed by atoms with E-state index in [1.54, 1.807) is 24.8 Å². The Kier molecular flexibility index (Phi) is 27.8. The Balaban J connectivity index is -0.000000281. The van der Waals surface area contributed by atoms with Crippen molar-refractivity contribution in [2.24, 2.45) is 0 Å². The lowest BCUT2D eigenvalue weighted by atomic mass is 10.2. The van der Waals surface area contributed by atoms with Gasteiger partial charge in [0.05, 0.1) is 6.20 Å². The van der Waals surface area contributed by atoms with Crippen molar-refractivity contribution in [2.45, 2.75) is 62.3 Å². The van der Waals surface area contributed by atoms with Crippen LogP contribution in [0, 0.1) is 20.8 Å². The number of aryl methyl sites for hydroxylation is 3. The van der Waals surface area contributed by atoms with Crippen LogP contribution in [0.4, 0.5) is 0 Å². The number of nitrogens with zero attached hydrogens (tertiary/aromatic N) is 3. The molecule has 0 saturated carbocycles. The highest BCUT2D eigenvalue weighted by Crippen LogP contribution is 1.92. The molecule has 0 aliphatic rings. The Morgan fingerprint density at radius 3 is 1.15 bits per heavy atom. The van der Waals surface area contributed by atoms with E-state index in [4.69, 9.17) is 0 Å². The third kappa shape index (κ3) is 23.4. The minimum Gasteiger partial charge on any atom is -0.265 e. The second-order valence-electron chi connectivity index (χ2n) is 4.60. The molecule has 27 heavy (non-hydrogen) atoms. The first-order chi connectivity index (χ1) is 13.2. The quantitative estimate of drug-likeness (QED) is 0.419. The van der Waals surface area contributed by atoms with Crippen LogP contribution >= 0.6 is 0 Å². The minimum atomic E-state index is 1.15. The van der Waals surface area contributed by atoms with Crippen LogP contribution in [0.2, 0.25) is 0 Å². The van der Waals surface area contributed by atoms with E-state index >= 15 is 0 Å². The van der Waals surface area contributed by atoms with Gasteiger partial charge in [0.25, 0.3) is 0 Å². The lowest BCUT2D eigenvalue weighted by molar-refractivity contribution is 1.01. The molecule has 2 heterocycles. The predicted octanol–water partition coefficient (Wildman–Crippen LogP) is 7.25. The molecule has 3 heteroatoms. The molecule has 3 nitrogen and oxygen atoms in total. The molecule has 3 aromatic rings. The Hall–Kier alpha value is -2.55. The first-order valence-corrected chi connectivity index (χ1v) is 9.80. The van der Waals surface area contributed by atoms with Crippen molar-refractivity contribution in [3.63, 3.8) is 0 Å². The average Bonchev–Trinajstić information content (AvgIpc) is 2.75. The molecule has 3 rings (SSSR count). The molecule has 0 unspecified atom stereocenters. The maximum atomic E-state index is 3.85. The summed E-state index contributed by atoms with van der Waals surface area (Å²) in [6.07, 6.45) is 6.97. The molecular weight excluding hydrogens is 330 g/mol. The molecular formula is C24H39N3. The smallest absolute Gasteiger partial charge is 0.0525 e. The van der Waals surface area contributed by atoms with Crippen LogP contribution in [0.3, 0.4) is 0 Å². The highest BCUT2D eigenvalue weighted by molar-refractivity contribution is 5.11. The van der Waals surface area contributed by atoms with Gasteiger partial charge in [-0.05, 0) is 50.1 Å². The fraction of sp³-hybridized carbons (Fsp3) is 0.375. The van der Waals surface area contributed by atoms with E-state index in [1.807, 2.05) is 91.8 Å². The topological polar surface area (TPSA) is 38.7 Å². The fourth-order valence-electron chi connectivity index (χ4n) is 1.32. The zero-order valence-electron chi connectivity index (χ0n) is 18.8. The SMILES string of the molecule is CC.CC.CC.Cc1ccccc1.Cc1ccncc1.Cc1ccnnc1. The summed E-state index contributed by atoms with van der Waals surface area (Å²) in [6, 6.07) is 16.1. The summed E-state index contributed by atoms with van der Waals surface area (Å²) in [4.78, 5) is 3.85. The van der Waals surface area contributed by atoms with E-state index in [1.165, 1.54) is 11.1 Å². The van der Waals surface area contributed by atoms with E-state index in [2.05, 4.69) is 34.2 Å². The second kappa shape index (κ2) is 25.7. The highest BCUT2D eigenvalue weighted by Gasteiger charge is 1.74. The third-order valence-corrected chi connectivity index (χ3v) is 2.52. The molecule has 0 fully saturated rings. The summed E-state index contributed by atoms with van der Waals surface area (Å²) in [5.41, 5.74) is 3.73. The zero-order chi connectivity index (χ0) is 21.3. The molecule has 2 aromatic heterocycles. The Morgan fingerprint density at radius 1 is 0.481 bits per heavy atom. The molecule has 0 bridgehead atoms. The fourth-order valence-corrected chi connectivity index (χ4v) is 1.32. The van der Waals surface area contributed by atoms with Crippen molar-refractivity contribution in [2.75, 3.05) is 0 Å². The lowest BCUT2D eigenvalue weighted by Gasteiger charge is -1.82. The summed E-state index contributed by atoms with van der Waals surface area (Å²) >= 11 is 0. The minimum absolute atomic E-state index is 1.15. The first-order valence-electron chi connectivity index (χ1n) is 9.80. The van der Waals surface area contributed by atoms with Gasteiger partial charge in [-0.15, -0.1) is 0 Å². The normalized spacial score (nSPS) is 7.44. The number of hydrogen-bond acceptors (Lipinski definition) is 3. The summed E-state index contributed by atoms with van der Waals surface area (Å²) < 4.78 is 0. The first kappa shape index (κ1) is 29.2. The van der Waals surface area contributed by atoms with Crippen molar-refractivity contribution >= 4 is 0 Å². The second-order valence-corrected chi connectivity index (χ2v) is 4.60. The highest BCUT2D eigenvalue weighted by atomic mass is 15.1.